The number of piperidine rings is 1. The van der Waals surface area contributed by atoms with E-state index in [9.17, 15) is 4.79 Å². The second-order valence-electron chi connectivity index (χ2n) is 4.53. The standard InChI is InChI=1S/C12H17BrN2OS.ClH/c1-8-7-14-5-4-10(8)15-12(16)6-9-2-3-11(13)17-9;/h2-3,8,10,14H,4-7H2,1H3,(H,15,16);1H. The number of carbonyl (C=O) groups excluding carboxylic acids is 1. The molecule has 2 rings (SSSR count). The van der Waals surface area contributed by atoms with Crippen LogP contribution in [0.2, 0.25) is 0 Å². The highest BCUT2D eigenvalue weighted by molar-refractivity contribution is 9.11. The molecule has 6 heteroatoms. The molecule has 102 valence electrons. The van der Waals surface area contributed by atoms with Gasteiger partial charge in [-0.3, -0.25) is 4.79 Å². The van der Waals surface area contributed by atoms with Crippen LogP contribution in [0.25, 0.3) is 0 Å². The number of carbonyl (C=O) groups is 1. The van der Waals surface area contributed by atoms with Crippen molar-refractivity contribution in [3.8, 4) is 0 Å². The number of rotatable bonds is 3. The smallest absolute Gasteiger partial charge is 0.225 e. The van der Waals surface area contributed by atoms with Gasteiger partial charge < -0.3 is 10.6 Å². The Hall–Kier alpha value is -0.100. The van der Waals surface area contributed by atoms with Crippen molar-refractivity contribution >= 4 is 45.6 Å². The third-order valence-corrected chi connectivity index (χ3v) is 4.72. The van der Waals surface area contributed by atoms with Crippen molar-refractivity contribution in [2.24, 2.45) is 5.92 Å². The van der Waals surface area contributed by atoms with Gasteiger partial charge >= 0.3 is 0 Å². The summed E-state index contributed by atoms with van der Waals surface area (Å²) >= 11 is 5.03. The fourth-order valence-electron chi connectivity index (χ4n) is 2.09. The lowest BCUT2D eigenvalue weighted by atomic mass is 9.95. The molecule has 2 atom stereocenters. The van der Waals surface area contributed by atoms with Gasteiger partial charge in [-0.25, -0.2) is 0 Å². The number of thiophene rings is 1. The van der Waals surface area contributed by atoms with E-state index in [2.05, 4.69) is 33.5 Å². The quantitative estimate of drug-likeness (QED) is 0.877. The van der Waals surface area contributed by atoms with Gasteiger partial charge in [0.1, 0.15) is 0 Å². The van der Waals surface area contributed by atoms with Crippen molar-refractivity contribution in [3.63, 3.8) is 0 Å². The Morgan fingerprint density at radius 2 is 2.39 bits per heavy atom. The largest absolute Gasteiger partial charge is 0.353 e. The minimum atomic E-state index is 0. The average Bonchev–Trinajstić information content (AvgIpc) is 2.67. The average molecular weight is 354 g/mol. The zero-order valence-corrected chi connectivity index (χ0v) is 13.5. The van der Waals surface area contributed by atoms with E-state index in [0.29, 0.717) is 18.4 Å². The third kappa shape index (κ3) is 4.53. The second kappa shape index (κ2) is 7.48. The Balaban J connectivity index is 0.00000162. The summed E-state index contributed by atoms with van der Waals surface area (Å²) in [7, 11) is 0. The molecule has 1 saturated heterocycles. The Morgan fingerprint density at radius 1 is 1.61 bits per heavy atom. The van der Waals surface area contributed by atoms with Gasteiger partial charge in [0.05, 0.1) is 10.2 Å². The van der Waals surface area contributed by atoms with E-state index in [1.54, 1.807) is 11.3 Å². The molecule has 18 heavy (non-hydrogen) atoms. The molecule has 0 aliphatic carbocycles. The lowest BCUT2D eigenvalue weighted by Gasteiger charge is -2.30. The fraction of sp³-hybridized carbons (Fsp3) is 0.583. The Morgan fingerprint density at radius 3 is 3.00 bits per heavy atom. The summed E-state index contributed by atoms with van der Waals surface area (Å²) in [4.78, 5) is 13.0. The maximum absolute atomic E-state index is 11.9. The Labute approximate surface area is 126 Å². The second-order valence-corrected chi connectivity index (χ2v) is 7.07. The molecular weight excluding hydrogens is 336 g/mol. The van der Waals surface area contributed by atoms with Crippen LogP contribution in [0.5, 0.6) is 0 Å². The molecule has 0 bridgehead atoms. The van der Waals surface area contributed by atoms with Gasteiger partial charge in [0, 0.05) is 10.9 Å². The molecule has 2 N–H and O–H groups in total. The van der Waals surface area contributed by atoms with E-state index < -0.39 is 0 Å². The molecule has 1 amide bonds. The van der Waals surface area contributed by atoms with Crippen LogP contribution in [-0.2, 0) is 11.2 Å². The van der Waals surface area contributed by atoms with Crippen molar-refractivity contribution in [1.82, 2.24) is 10.6 Å². The monoisotopic (exact) mass is 352 g/mol. The zero-order chi connectivity index (χ0) is 12.3. The first kappa shape index (κ1) is 16.0. The van der Waals surface area contributed by atoms with Gasteiger partial charge in [0.25, 0.3) is 0 Å². The van der Waals surface area contributed by atoms with Crippen LogP contribution < -0.4 is 10.6 Å². The van der Waals surface area contributed by atoms with Gasteiger partial charge in [-0.15, -0.1) is 23.7 Å². The summed E-state index contributed by atoms with van der Waals surface area (Å²) in [5.41, 5.74) is 0. The van der Waals surface area contributed by atoms with Crippen LogP contribution in [0.15, 0.2) is 15.9 Å². The number of nitrogens with one attached hydrogen (secondary N) is 2. The summed E-state index contributed by atoms with van der Waals surface area (Å²) in [5.74, 6) is 0.654. The van der Waals surface area contributed by atoms with Crippen molar-refractivity contribution in [2.75, 3.05) is 13.1 Å². The molecule has 0 radical (unpaired) electrons. The van der Waals surface area contributed by atoms with Crippen molar-refractivity contribution in [1.29, 1.82) is 0 Å². The molecule has 1 aliphatic rings. The van der Waals surface area contributed by atoms with Gasteiger partial charge in [0.2, 0.25) is 5.91 Å². The SMILES string of the molecule is CC1CNCCC1NC(=O)Cc1ccc(Br)s1.Cl. The minimum absolute atomic E-state index is 0. The van der Waals surface area contributed by atoms with Crippen LogP contribution in [0, 0.1) is 5.92 Å². The topological polar surface area (TPSA) is 41.1 Å². The van der Waals surface area contributed by atoms with E-state index in [-0.39, 0.29) is 18.3 Å². The normalized spacial score (nSPS) is 23.2. The molecule has 3 nitrogen and oxygen atoms in total. The molecule has 2 unspecified atom stereocenters. The fourth-order valence-corrected chi connectivity index (χ4v) is 3.57. The Bertz CT molecular complexity index is 399. The highest BCUT2D eigenvalue weighted by Gasteiger charge is 2.22. The predicted octanol–water partition coefficient (Wildman–Crippen LogP) is 2.59. The summed E-state index contributed by atoms with van der Waals surface area (Å²) < 4.78 is 1.08. The summed E-state index contributed by atoms with van der Waals surface area (Å²) in [6.45, 7) is 4.17. The molecule has 0 saturated carbocycles. The molecular formula is C12H18BrClN2OS. The van der Waals surface area contributed by atoms with Gasteiger partial charge in [-0.1, -0.05) is 6.92 Å². The van der Waals surface area contributed by atoms with Crippen molar-refractivity contribution in [2.45, 2.75) is 25.8 Å². The van der Waals surface area contributed by atoms with E-state index in [1.807, 2.05) is 12.1 Å². The van der Waals surface area contributed by atoms with Gasteiger partial charge in [-0.2, -0.15) is 0 Å². The molecule has 1 aromatic rings. The summed E-state index contributed by atoms with van der Waals surface area (Å²) in [5, 5.41) is 6.47. The summed E-state index contributed by atoms with van der Waals surface area (Å²) in [6.07, 6.45) is 1.52. The number of hydrogen-bond acceptors (Lipinski definition) is 3. The zero-order valence-electron chi connectivity index (χ0n) is 10.2. The predicted molar refractivity (Wildman–Crippen MR) is 81.6 cm³/mol. The third-order valence-electron chi connectivity index (χ3n) is 3.10. The van der Waals surface area contributed by atoms with Gasteiger partial charge in [0.15, 0.2) is 0 Å². The first-order chi connectivity index (χ1) is 8.15. The van der Waals surface area contributed by atoms with E-state index in [0.717, 1.165) is 28.2 Å². The maximum Gasteiger partial charge on any atom is 0.225 e. The van der Waals surface area contributed by atoms with Crippen LogP contribution >= 0.6 is 39.7 Å². The highest BCUT2D eigenvalue weighted by Crippen LogP contribution is 2.22. The lowest BCUT2D eigenvalue weighted by molar-refractivity contribution is -0.121. The highest BCUT2D eigenvalue weighted by atomic mass is 79.9. The number of halogens is 2. The van der Waals surface area contributed by atoms with Gasteiger partial charge in [-0.05, 0) is 53.5 Å². The molecule has 1 aromatic heterocycles. The maximum atomic E-state index is 11.9. The molecule has 0 spiro atoms. The molecule has 1 fully saturated rings. The molecule has 0 aromatic carbocycles. The van der Waals surface area contributed by atoms with Crippen LogP contribution in [-0.4, -0.2) is 25.0 Å². The first-order valence-corrected chi connectivity index (χ1v) is 7.50. The minimum Gasteiger partial charge on any atom is -0.353 e. The van der Waals surface area contributed by atoms with E-state index in [4.69, 9.17) is 0 Å². The van der Waals surface area contributed by atoms with Crippen molar-refractivity contribution in [3.05, 3.63) is 20.8 Å². The van der Waals surface area contributed by atoms with E-state index in [1.165, 1.54) is 0 Å². The van der Waals surface area contributed by atoms with Crippen molar-refractivity contribution < 1.29 is 4.79 Å². The van der Waals surface area contributed by atoms with Crippen LogP contribution in [0.3, 0.4) is 0 Å². The number of hydrogen-bond donors (Lipinski definition) is 2. The molecule has 2 heterocycles. The van der Waals surface area contributed by atoms with E-state index >= 15 is 0 Å². The van der Waals surface area contributed by atoms with Crippen LogP contribution in [0.1, 0.15) is 18.2 Å². The first-order valence-electron chi connectivity index (χ1n) is 5.89. The molecule has 1 aliphatic heterocycles. The number of amides is 1. The summed E-state index contributed by atoms with van der Waals surface area (Å²) in [6, 6.07) is 4.31. The lowest BCUT2D eigenvalue weighted by Crippen LogP contribution is -2.48. The van der Waals surface area contributed by atoms with Crippen LogP contribution in [0.4, 0.5) is 0 Å². The Kier molecular flexibility index (Phi) is 6.63.